The fraction of sp³-hybridized carbons (Fsp3) is 0.179. The molecule has 176 valence electrons. The second kappa shape index (κ2) is 12.8. The van der Waals surface area contributed by atoms with E-state index in [2.05, 4.69) is 11.6 Å². The number of aliphatic hydroxyl groups excluding tert-OH is 2. The third-order valence-corrected chi connectivity index (χ3v) is 5.56. The number of hydrogen-bond donors (Lipinski definition) is 3. The van der Waals surface area contributed by atoms with Crippen LogP contribution >= 0.6 is 11.6 Å². The molecule has 34 heavy (non-hydrogen) atoms. The van der Waals surface area contributed by atoms with E-state index in [-0.39, 0.29) is 19.0 Å². The Morgan fingerprint density at radius 2 is 1.85 bits per heavy atom. The highest BCUT2D eigenvalue weighted by molar-refractivity contribution is 6.32. The SMILES string of the molecule is C=C(COc1ccccc1)/C(=C/CO)C(O)CC/C(=C/c1ccc(O)cc1Cl)c1ccccn1. The smallest absolute Gasteiger partial charge is 0.119 e. The summed E-state index contributed by atoms with van der Waals surface area (Å²) < 4.78 is 5.75. The molecule has 0 saturated heterocycles. The van der Waals surface area contributed by atoms with Crippen molar-refractivity contribution in [1.29, 1.82) is 0 Å². The topological polar surface area (TPSA) is 82.8 Å². The normalized spacial score (nSPS) is 12.9. The van der Waals surface area contributed by atoms with Crippen molar-refractivity contribution in [2.45, 2.75) is 18.9 Å². The van der Waals surface area contributed by atoms with Gasteiger partial charge in [-0.25, -0.2) is 0 Å². The summed E-state index contributed by atoms with van der Waals surface area (Å²) in [7, 11) is 0. The van der Waals surface area contributed by atoms with E-state index in [0.717, 1.165) is 16.8 Å². The van der Waals surface area contributed by atoms with E-state index in [0.29, 0.717) is 34.8 Å². The van der Waals surface area contributed by atoms with Crippen LogP contribution < -0.4 is 4.74 Å². The van der Waals surface area contributed by atoms with Gasteiger partial charge in [0.15, 0.2) is 0 Å². The molecule has 1 heterocycles. The zero-order chi connectivity index (χ0) is 24.3. The number of benzene rings is 2. The van der Waals surface area contributed by atoms with Gasteiger partial charge in [0.05, 0.1) is 23.4 Å². The fourth-order valence-corrected chi connectivity index (χ4v) is 3.71. The van der Waals surface area contributed by atoms with Crippen LogP contribution in [-0.2, 0) is 0 Å². The lowest BCUT2D eigenvalue weighted by molar-refractivity contribution is 0.200. The molecule has 3 rings (SSSR count). The molecule has 6 heteroatoms. The highest BCUT2D eigenvalue weighted by atomic mass is 35.5. The Morgan fingerprint density at radius 1 is 1.09 bits per heavy atom. The number of nitrogens with zero attached hydrogens (tertiary/aromatic N) is 1. The monoisotopic (exact) mass is 477 g/mol. The molecule has 0 aliphatic rings. The maximum atomic E-state index is 11.0. The number of ether oxygens (including phenoxy) is 1. The van der Waals surface area contributed by atoms with E-state index >= 15 is 0 Å². The average Bonchev–Trinajstić information content (AvgIpc) is 2.85. The number of phenolic OH excluding ortho intramolecular Hbond substituents is 1. The van der Waals surface area contributed by atoms with Gasteiger partial charge in [0.1, 0.15) is 18.1 Å². The largest absolute Gasteiger partial charge is 0.508 e. The van der Waals surface area contributed by atoms with Gasteiger partial charge in [0.25, 0.3) is 0 Å². The van der Waals surface area contributed by atoms with Gasteiger partial charge in [-0.1, -0.05) is 48.5 Å². The molecule has 0 saturated carbocycles. The first-order chi connectivity index (χ1) is 16.5. The number of rotatable bonds is 11. The first-order valence-corrected chi connectivity index (χ1v) is 11.3. The molecule has 5 nitrogen and oxygen atoms in total. The number of aromatic hydroxyl groups is 1. The van der Waals surface area contributed by atoms with E-state index in [1.165, 1.54) is 6.07 Å². The average molecular weight is 478 g/mol. The molecule has 0 spiro atoms. The minimum Gasteiger partial charge on any atom is -0.508 e. The summed E-state index contributed by atoms with van der Waals surface area (Å²) in [5.74, 6) is 0.791. The highest BCUT2D eigenvalue weighted by Crippen LogP contribution is 2.29. The second-order valence-electron chi connectivity index (χ2n) is 7.69. The van der Waals surface area contributed by atoms with Crippen LogP contribution in [0.5, 0.6) is 11.5 Å². The van der Waals surface area contributed by atoms with E-state index in [4.69, 9.17) is 16.3 Å². The molecule has 3 aromatic rings. The number of para-hydroxylation sites is 1. The predicted octanol–water partition coefficient (Wildman–Crippen LogP) is 5.68. The Bertz CT molecular complexity index is 1140. The van der Waals surface area contributed by atoms with Gasteiger partial charge >= 0.3 is 0 Å². The molecule has 3 N–H and O–H groups in total. The Hall–Kier alpha value is -3.38. The molecule has 1 aromatic heterocycles. The van der Waals surface area contributed by atoms with Crippen LogP contribution in [0.2, 0.25) is 5.02 Å². The van der Waals surface area contributed by atoms with Crippen LogP contribution in [0.4, 0.5) is 0 Å². The summed E-state index contributed by atoms with van der Waals surface area (Å²) in [6.45, 7) is 4.02. The van der Waals surface area contributed by atoms with Crippen LogP contribution in [0.3, 0.4) is 0 Å². The van der Waals surface area contributed by atoms with Gasteiger partial charge in [0, 0.05) is 6.20 Å². The van der Waals surface area contributed by atoms with Crippen LogP contribution in [0.25, 0.3) is 11.6 Å². The minimum atomic E-state index is -0.860. The van der Waals surface area contributed by atoms with E-state index in [1.54, 1.807) is 24.4 Å². The van der Waals surface area contributed by atoms with Crippen molar-refractivity contribution >= 4 is 23.3 Å². The number of allylic oxidation sites excluding steroid dienone is 1. The third-order valence-electron chi connectivity index (χ3n) is 5.23. The summed E-state index contributed by atoms with van der Waals surface area (Å²) in [5.41, 5.74) is 3.51. The van der Waals surface area contributed by atoms with Gasteiger partial charge in [-0.2, -0.15) is 0 Å². The van der Waals surface area contributed by atoms with Crippen molar-refractivity contribution < 1.29 is 20.1 Å². The highest BCUT2D eigenvalue weighted by Gasteiger charge is 2.16. The molecular weight excluding hydrogens is 450 g/mol. The third kappa shape index (κ3) is 7.32. The number of aromatic nitrogens is 1. The maximum Gasteiger partial charge on any atom is 0.119 e. The van der Waals surface area contributed by atoms with Crippen molar-refractivity contribution in [3.8, 4) is 11.5 Å². The van der Waals surface area contributed by atoms with Crippen LogP contribution in [0, 0.1) is 0 Å². The molecule has 0 amide bonds. The molecule has 2 aromatic carbocycles. The van der Waals surface area contributed by atoms with Gasteiger partial charge in [-0.15, -0.1) is 0 Å². The van der Waals surface area contributed by atoms with E-state index in [9.17, 15) is 15.3 Å². The maximum absolute atomic E-state index is 11.0. The quantitative estimate of drug-likeness (QED) is 0.310. The summed E-state index contributed by atoms with van der Waals surface area (Å²) in [5, 5.41) is 30.5. The van der Waals surface area contributed by atoms with Crippen molar-refractivity contribution in [3.05, 3.63) is 113 Å². The number of pyridine rings is 1. The number of halogens is 1. The molecule has 1 atom stereocenters. The zero-order valence-corrected chi connectivity index (χ0v) is 19.5. The number of hydrogen-bond acceptors (Lipinski definition) is 5. The van der Waals surface area contributed by atoms with E-state index in [1.807, 2.05) is 54.6 Å². The Labute approximate surface area is 205 Å². The van der Waals surface area contributed by atoms with Crippen LogP contribution in [0.1, 0.15) is 24.1 Å². The zero-order valence-electron chi connectivity index (χ0n) is 18.8. The van der Waals surface area contributed by atoms with E-state index < -0.39 is 6.10 Å². The van der Waals surface area contributed by atoms with Crippen molar-refractivity contribution in [3.63, 3.8) is 0 Å². The van der Waals surface area contributed by atoms with Crippen LogP contribution in [-0.4, -0.2) is 39.6 Å². The van der Waals surface area contributed by atoms with Crippen molar-refractivity contribution in [2.24, 2.45) is 0 Å². The summed E-state index contributed by atoms with van der Waals surface area (Å²) in [4.78, 5) is 4.45. The first-order valence-electron chi connectivity index (χ1n) is 10.9. The van der Waals surface area contributed by atoms with Gasteiger partial charge < -0.3 is 20.1 Å². The lowest BCUT2D eigenvalue weighted by atomic mass is 9.94. The standard InChI is InChI=1S/C28H28ClNO4/c1-20(19-34-24-7-3-2-4-8-24)25(14-16-31)28(33)13-11-22(27-9-5-6-15-30-27)17-21-10-12-23(32)18-26(21)29/h2-10,12,14-15,17-18,28,31-33H,1,11,13,16,19H2/b22-17-,25-14-. The fourth-order valence-electron chi connectivity index (χ4n) is 3.48. The van der Waals surface area contributed by atoms with Crippen molar-refractivity contribution in [2.75, 3.05) is 13.2 Å². The molecule has 0 aliphatic heterocycles. The summed E-state index contributed by atoms with van der Waals surface area (Å²) in [6, 6.07) is 19.8. The van der Waals surface area contributed by atoms with Gasteiger partial charge in [-0.05, 0) is 83.7 Å². The van der Waals surface area contributed by atoms with Gasteiger partial charge in [0.2, 0.25) is 0 Å². The number of phenols is 1. The van der Waals surface area contributed by atoms with Crippen LogP contribution in [0.15, 0.2) is 96.7 Å². The molecule has 0 fully saturated rings. The molecular formula is C28H28ClNO4. The van der Waals surface area contributed by atoms with Gasteiger partial charge in [-0.3, -0.25) is 4.98 Å². The summed E-state index contributed by atoms with van der Waals surface area (Å²) >= 11 is 6.31. The lowest BCUT2D eigenvalue weighted by Gasteiger charge is -2.19. The minimum absolute atomic E-state index is 0.0898. The number of aliphatic hydroxyl groups is 2. The molecule has 0 radical (unpaired) electrons. The Balaban J connectivity index is 1.75. The van der Waals surface area contributed by atoms with Crippen molar-refractivity contribution in [1.82, 2.24) is 4.98 Å². The Morgan fingerprint density at radius 3 is 2.53 bits per heavy atom. The first kappa shape index (κ1) is 25.2. The molecule has 0 aliphatic carbocycles. The second-order valence-corrected chi connectivity index (χ2v) is 8.10. The molecule has 1 unspecified atom stereocenters. The Kier molecular flexibility index (Phi) is 9.47. The predicted molar refractivity (Wildman–Crippen MR) is 137 cm³/mol. The summed E-state index contributed by atoms with van der Waals surface area (Å²) in [6.07, 6.45) is 5.17. The molecule has 0 bridgehead atoms. The lowest BCUT2D eigenvalue weighted by Crippen LogP contribution is -2.16.